The first-order chi connectivity index (χ1) is 12.7. The number of aryl methyl sites for hydroxylation is 1. The summed E-state index contributed by atoms with van der Waals surface area (Å²) >= 11 is 1.32. The molecule has 0 aliphatic carbocycles. The summed E-state index contributed by atoms with van der Waals surface area (Å²) in [5.41, 5.74) is 3.15. The van der Waals surface area contributed by atoms with Crippen molar-refractivity contribution in [2.45, 2.75) is 57.7 Å². The number of anilines is 1. The van der Waals surface area contributed by atoms with Crippen LogP contribution in [0.4, 0.5) is 5.69 Å². The number of thioether (sulfide) groups is 1. The summed E-state index contributed by atoms with van der Waals surface area (Å²) in [5, 5.41) is 0.574. The lowest BCUT2D eigenvalue weighted by molar-refractivity contribution is -0.117. The van der Waals surface area contributed by atoms with Gasteiger partial charge in [-0.2, -0.15) is 0 Å². The van der Waals surface area contributed by atoms with E-state index < -0.39 is 0 Å². The van der Waals surface area contributed by atoms with Crippen LogP contribution in [0.3, 0.4) is 0 Å². The van der Waals surface area contributed by atoms with Gasteiger partial charge in [0.15, 0.2) is 10.9 Å². The fraction of sp³-hybridized carbons (Fsp3) is 0.429. The molecule has 0 radical (unpaired) electrons. The summed E-state index contributed by atoms with van der Waals surface area (Å²) in [6.45, 7) is 9.86. The number of aromatic nitrogens is 2. The Morgan fingerprint density at radius 3 is 2.56 bits per heavy atom. The molecule has 1 aromatic heterocycles. The molecule has 0 spiro atoms. The molecule has 3 rings (SSSR count). The number of amides is 1. The first-order valence-corrected chi connectivity index (χ1v) is 10.1. The number of nitrogens with zero attached hydrogens (tertiary/aromatic N) is 3. The maximum absolute atomic E-state index is 13.3. The second-order valence-electron chi connectivity index (χ2n) is 7.77. The van der Waals surface area contributed by atoms with Crippen LogP contribution in [0.1, 0.15) is 61.5 Å². The average Bonchev–Trinajstić information content (AvgIpc) is 2.60. The van der Waals surface area contributed by atoms with Crippen molar-refractivity contribution < 1.29 is 9.59 Å². The van der Waals surface area contributed by atoms with E-state index in [4.69, 9.17) is 0 Å². The SMILES string of the molecule is CC(=O)c1cc(C)cc2c1N(C(=O)CSc1ncccn1)C(C)(C)CC2C. The van der Waals surface area contributed by atoms with Crippen molar-refractivity contribution in [3.8, 4) is 0 Å². The number of fused-ring (bicyclic) bond motifs is 1. The number of rotatable bonds is 4. The summed E-state index contributed by atoms with van der Waals surface area (Å²) in [7, 11) is 0. The Morgan fingerprint density at radius 2 is 1.93 bits per heavy atom. The van der Waals surface area contributed by atoms with E-state index >= 15 is 0 Å². The highest BCUT2D eigenvalue weighted by Gasteiger charge is 2.41. The summed E-state index contributed by atoms with van der Waals surface area (Å²) in [6.07, 6.45) is 4.18. The highest BCUT2D eigenvalue weighted by Crippen LogP contribution is 2.46. The molecule has 0 fully saturated rings. The van der Waals surface area contributed by atoms with Crippen LogP contribution >= 0.6 is 11.8 Å². The molecule has 0 saturated carbocycles. The Kier molecular flexibility index (Phi) is 5.38. The summed E-state index contributed by atoms with van der Waals surface area (Å²) in [5.74, 6) is 0.461. The molecule has 1 amide bonds. The van der Waals surface area contributed by atoms with E-state index in [0.29, 0.717) is 10.7 Å². The van der Waals surface area contributed by atoms with Crippen LogP contribution < -0.4 is 4.90 Å². The van der Waals surface area contributed by atoms with Gasteiger partial charge in [-0.05, 0) is 63.3 Å². The highest BCUT2D eigenvalue weighted by atomic mass is 32.2. The minimum Gasteiger partial charge on any atom is -0.305 e. The molecule has 6 heteroatoms. The molecule has 1 atom stereocenters. The summed E-state index contributed by atoms with van der Waals surface area (Å²) < 4.78 is 0. The molecule has 2 heterocycles. The standard InChI is InChI=1S/C21H25N3O2S/c1-13-9-16-14(2)11-21(4,5)24(19(16)17(10-13)15(3)25)18(26)12-27-20-22-7-6-8-23-20/h6-10,14H,11-12H2,1-5H3. The number of carbonyl (C=O) groups excluding carboxylic acids is 2. The predicted molar refractivity (Wildman–Crippen MR) is 109 cm³/mol. The number of Topliss-reactive ketones (excluding diaryl/α,β-unsaturated/α-hetero) is 1. The van der Waals surface area contributed by atoms with E-state index in [-0.39, 0.29) is 28.9 Å². The van der Waals surface area contributed by atoms with Crippen molar-refractivity contribution in [3.63, 3.8) is 0 Å². The molecule has 0 saturated heterocycles. The highest BCUT2D eigenvalue weighted by molar-refractivity contribution is 7.99. The second kappa shape index (κ2) is 7.43. The smallest absolute Gasteiger partial charge is 0.237 e. The third-order valence-electron chi connectivity index (χ3n) is 4.94. The molecular weight excluding hydrogens is 358 g/mol. The van der Waals surface area contributed by atoms with Gasteiger partial charge < -0.3 is 4.90 Å². The van der Waals surface area contributed by atoms with Crippen LogP contribution in [0.25, 0.3) is 0 Å². The fourth-order valence-corrected chi connectivity index (χ4v) is 4.62. The van der Waals surface area contributed by atoms with Gasteiger partial charge in [-0.25, -0.2) is 9.97 Å². The van der Waals surface area contributed by atoms with E-state index in [2.05, 4.69) is 36.8 Å². The molecular formula is C21H25N3O2S. The third-order valence-corrected chi connectivity index (χ3v) is 5.81. The number of carbonyl (C=O) groups is 2. The number of ketones is 1. The van der Waals surface area contributed by atoms with E-state index in [1.54, 1.807) is 25.4 Å². The van der Waals surface area contributed by atoms with Gasteiger partial charge in [0.25, 0.3) is 0 Å². The van der Waals surface area contributed by atoms with Crippen molar-refractivity contribution in [3.05, 3.63) is 47.3 Å². The summed E-state index contributed by atoms with van der Waals surface area (Å²) in [4.78, 5) is 35.8. The third kappa shape index (κ3) is 3.90. The Hall–Kier alpha value is -2.21. The average molecular weight is 384 g/mol. The van der Waals surface area contributed by atoms with Crippen molar-refractivity contribution in [2.24, 2.45) is 0 Å². The minimum atomic E-state index is -0.374. The Bertz CT molecular complexity index is 880. The van der Waals surface area contributed by atoms with E-state index in [0.717, 1.165) is 23.2 Å². The molecule has 1 unspecified atom stereocenters. The quantitative estimate of drug-likeness (QED) is 0.445. The van der Waals surface area contributed by atoms with E-state index in [9.17, 15) is 9.59 Å². The van der Waals surface area contributed by atoms with Crippen molar-refractivity contribution in [1.29, 1.82) is 0 Å². The van der Waals surface area contributed by atoms with Gasteiger partial charge in [0.05, 0.1) is 11.4 Å². The maximum atomic E-state index is 13.3. The predicted octanol–water partition coefficient (Wildman–Crippen LogP) is 4.40. The van der Waals surface area contributed by atoms with Crippen LogP contribution in [0.5, 0.6) is 0 Å². The maximum Gasteiger partial charge on any atom is 0.237 e. The second-order valence-corrected chi connectivity index (χ2v) is 8.72. The van der Waals surface area contributed by atoms with Gasteiger partial charge in [0.1, 0.15) is 0 Å². The Labute approximate surface area is 164 Å². The van der Waals surface area contributed by atoms with E-state index in [1.165, 1.54) is 11.8 Å². The van der Waals surface area contributed by atoms with Gasteiger partial charge in [0, 0.05) is 23.5 Å². The van der Waals surface area contributed by atoms with Crippen molar-refractivity contribution >= 4 is 29.1 Å². The van der Waals surface area contributed by atoms with Gasteiger partial charge in [-0.1, -0.05) is 24.8 Å². The number of hydrogen-bond donors (Lipinski definition) is 0. The Balaban J connectivity index is 2.02. The van der Waals surface area contributed by atoms with Gasteiger partial charge >= 0.3 is 0 Å². The van der Waals surface area contributed by atoms with Crippen molar-refractivity contribution in [2.75, 3.05) is 10.7 Å². The lowest BCUT2D eigenvalue weighted by Crippen LogP contribution is -2.53. The van der Waals surface area contributed by atoms with Crippen LogP contribution in [0.2, 0.25) is 0 Å². The molecule has 1 aliphatic rings. The van der Waals surface area contributed by atoms with E-state index in [1.807, 2.05) is 17.9 Å². The topological polar surface area (TPSA) is 63.2 Å². The monoisotopic (exact) mass is 383 g/mol. The Morgan fingerprint density at radius 1 is 1.26 bits per heavy atom. The fourth-order valence-electron chi connectivity index (χ4n) is 3.97. The van der Waals surface area contributed by atoms with Crippen LogP contribution in [0.15, 0.2) is 35.7 Å². The molecule has 27 heavy (non-hydrogen) atoms. The molecule has 1 aromatic carbocycles. The van der Waals surface area contributed by atoms with Crippen LogP contribution in [0, 0.1) is 6.92 Å². The lowest BCUT2D eigenvalue weighted by atomic mass is 9.78. The lowest BCUT2D eigenvalue weighted by Gasteiger charge is -2.47. The zero-order chi connectivity index (χ0) is 19.8. The van der Waals surface area contributed by atoms with Gasteiger partial charge in [0.2, 0.25) is 5.91 Å². The zero-order valence-corrected chi connectivity index (χ0v) is 17.3. The van der Waals surface area contributed by atoms with Gasteiger partial charge in [-0.15, -0.1) is 0 Å². The molecule has 5 nitrogen and oxygen atoms in total. The summed E-state index contributed by atoms with van der Waals surface area (Å²) in [6, 6.07) is 5.75. The number of hydrogen-bond acceptors (Lipinski definition) is 5. The largest absolute Gasteiger partial charge is 0.305 e. The van der Waals surface area contributed by atoms with Crippen LogP contribution in [-0.2, 0) is 4.79 Å². The van der Waals surface area contributed by atoms with Crippen molar-refractivity contribution in [1.82, 2.24) is 9.97 Å². The molecule has 1 aliphatic heterocycles. The zero-order valence-electron chi connectivity index (χ0n) is 16.4. The first-order valence-electron chi connectivity index (χ1n) is 9.09. The van der Waals surface area contributed by atoms with Crippen LogP contribution in [-0.4, -0.2) is 33.0 Å². The van der Waals surface area contributed by atoms with Gasteiger partial charge in [-0.3, -0.25) is 9.59 Å². The number of benzene rings is 1. The normalized spacial score (nSPS) is 18.1. The first kappa shape index (κ1) is 19.5. The molecule has 0 N–H and O–H groups in total. The molecule has 2 aromatic rings. The molecule has 0 bridgehead atoms. The minimum absolute atomic E-state index is 0.0169. The molecule has 142 valence electrons.